The Morgan fingerprint density at radius 1 is 0.889 bits per heavy atom. The number of nitrogens with zero attached hydrogens (tertiary/aromatic N) is 2. The van der Waals surface area contributed by atoms with Crippen LogP contribution in [0.4, 0.5) is 0 Å². The van der Waals surface area contributed by atoms with Crippen LogP contribution in [0, 0.1) is 0 Å². The highest BCUT2D eigenvalue weighted by atomic mass is 15.3. The summed E-state index contributed by atoms with van der Waals surface area (Å²) in [5.74, 6) is 0. The lowest BCUT2D eigenvalue weighted by Gasteiger charge is -2.36. The Balaban J connectivity index is 1.93. The Hall–Kier alpha value is -0.500. The van der Waals surface area contributed by atoms with Crippen molar-refractivity contribution >= 4 is 0 Å². The highest BCUT2D eigenvalue weighted by Gasteiger charge is 2.15. The van der Waals surface area contributed by atoms with Gasteiger partial charge in [0.15, 0.2) is 0 Å². The van der Waals surface area contributed by atoms with E-state index in [4.69, 9.17) is 0 Å². The summed E-state index contributed by atoms with van der Waals surface area (Å²) in [5, 5.41) is 0. The van der Waals surface area contributed by atoms with Gasteiger partial charge in [0, 0.05) is 31.9 Å². The topological polar surface area (TPSA) is 6.48 Å². The van der Waals surface area contributed by atoms with E-state index in [2.05, 4.69) is 30.2 Å². The second-order valence-electron chi connectivity index (χ2n) is 5.69. The first-order chi connectivity index (χ1) is 8.74. The van der Waals surface area contributed by atoms with E-state index in [0.29, 0.717) is 0 Å². The monoisotopic (exact) mass is 252 g/mol. The van der Waals surface area contributed by atoms with Gasteiger partial charge in [0.2, 0.25) is 0 Å². The van der Waals surface area contributed by atoms with Crippen LogP contribution in [-0.4, -0.2) is 42.5 Å². The molecular weight excluding hydrogens is 220 g/mol. The van der Waals surface area contributed by atoms with Crippen LogP contribution in [0.15, 0.2) is 12.3 Å². The van der Waals surface area contributed by atoms with Crippen LogP contribution >= 0.6 is 0 Å². The maximum atomic E-state index is 4.02. The molecule has 1 aliphatic heterocycles. The molecule has 1 saturated heterocycles. The summed E-state index contributed by atoms with van der Waals surface area (Å²) in [4.78, 5) is 5.02. The van der Waals surface area contributed by atoms with E-state index in [1.54, 1.807) is 0 Å². The third-order valence-electron chi connectivity index (χ3n) is 3.99. The summed E-state index contributed by atoms with van der Waals surface area (Å²) in [6.45, 7) is 14.5. The fraction of sp³-hybridized carbons (Fsp3) is 0.875. The van der Waals surface area contributed by atoms with Gasteiger partial charge in [-0.15, -0.1) is 0 Å². The summed E-state index contributed by atoms with van der Waals surface area (Å²) in [6, 6.07) is 0. The molecule has 0 spiro atoms. The molecule has 1 aliphatic rings. The van der Waals surface area contributed by atoms with Gasteiger partial charge in [-0.1, -0.05) is 52.0 Å². The molecule has 1 fully saturated rings. The number of piperazine rings is 1. The Morgan fingerprint density at radius 3 is 2.00 bits per heavy atom. The summed E-state index contributed by atoms with van der Waals surface area (Å²) in [7, 11) is 0. The van der Waals surface area contributed by atoms with Crippen molar-refractivity contribution in [2.75, 3.05) is 32.7 Å². The van der Waals surface area contributed by atoms with Crippen LogP contribution in [0.3, 0.4) is 0 Å². The molecule has 0 aromatic heterocycles. The van der Waals surface area contributed by atoms with Crippen molar-refractivity contribution < 1.29 is 0 Å². The molecular formula is C16H32N2. The lowest BCUT2D eigenvalue weighted by Crippen LogP contribution is -2.45. The van der Waals surface area contributed by atoms with Crippen molar-refractivity contribution in [3.8, 4) is 0 Å². The van der Waals surface area contributed by atoms with Crippen molar-refractivity contribution in [2.24, 2.45) is 0 Å². The number of unbranched alkanes of at least 4 members (excludes halogenated alkanes) is 6. The fourth-order valence-corrected chi connectivity index (χ4v) is 2.65. The van der Waals surface area contributed by atoms with Crippen LogP contribution in [0.2, 0.25) is 0 Å². The number of hydrogen-bond donors (Lipinski definition) is 0. The van der Waals surface area contributed by atoms with E-state index in [0.717, 1.165) is 0 Å². The maximum Gasteiger partial charge on any atom is 0.0303 e. The zero-order valence-electron chi connectivity index (χ0n) is 12.6. The van der Waals surface area contributed by atoms with Crippen LogP contribution in [0.25, 0.3) is 0 Å². The molecule has 0 N–H and O–H groups in total. The fourth-order valence-electron chi connectivity index (χ4n) is 2.65. The molecule has 0 amide bonds. The van der Waals surface area contributed by atoms with E-state index >= 15 is 0 Å². The van der Waals surface area contributed by atoms with Crippen LogP contribution in [-0.2, 0) is 0 Å². The smallest absolute Gasteiger partial charge is 0.0303 e. The summed E-state index contributed by atoms with van der Waals surface area (Å²) < 4.78 is 0. The van der Waals surface area contributed by atoms with E-state index in [1.807, 2.05) is 0 Å². The minimum Gasteiger partial charge on any atom is -0.373 e. The van der Waals surface area contributed by atoms with Gasteiger partial charge >= 0.3 is 0 Å². The minimum atomic E-state index is 1.17. The van der Waals surface area contributed by atoms with Gasteiger partial charge in [0.05, 0.1) is 0 Å². The quantitative estimate of drug-likeness (QED) is 0.574. The standard InChI is InChI=1S/C16H32N2/c1-4-5-6-7-8-9-10-11-17-12-14-18(15-13-17)16(2)3/h2,4-15H2,1,3H3. The highest BCUT2D eigenvalue weighted by molar-refractivity contribution is 4.91. The first kappa shape index (κ1) is 15.6. The molecule has 0 saturated carbocycles. The van der Waals surface area contributed by atoms with Crippen molar-refractivity contribution in [3.63, 3.8) is 0 Å². The second kappa shape index (κ2) is 9.43. The Morgan fingerprint density at radius 2 is 1.44 bits per heavy atom. The molecule has 0 bridgehead atoms. The Labute approximate surface area is 114 Å². The van der Waals surface area contributed by atoms with E-state index in [1.165, 1.54) is 83.4 Å². The lowest BCUT2D eigenvalue weighted by atomic mass is 10.1. The molecule has 1 rings (SSSR count). The van der Waals surface area contributed by atoms with Gasteiger partial charge in [0.1, 0.15) is 0 Å². The molecule has 0 aromatic rings. The van der Waals surface area contributed by atoms with E-state index < -0.39 is 0 Å². The van der Waals surface area contributed by atoms with Gasteiger partial charge in [-0.2, -0.15) is 0 Å². The third-order valence-corrected chi connectivity index (χ3v) is 3.99. The van der Waals surface area contributed by atoms with Crippen LogP contribution in [0.1, 0.15) is 58.8 Å². The first-order valence-electron chi connectivity index (χ1n) is 7.87. The number of hydrogen-bond acceptors (Lipinski definition) is 2. The highest BCUT2D eigenvalue weighted by Crippen LogP contribution is 2.10. The Kier molecular flexibility index (Phi) is 8.15. The van der Waals surface area contributed by atoms with Gasteiger partial charge in [-0.3, -0.25) is 4.90 Å². The maximum absolute atomic E-state index is 4.02. The van der Waals surface area contributed by atoms with E-state index in [-0.39, 0.29) is 0 Å². The Bertz CT molecular complexity index is 217. The molecule has 18 heavy (non-hydrogen) atoms. The van der Waals surface area contributed by atoms with Gasteiger partial charge < -0.3 is 4.90 Å². The summed E-state index contributed by atoms with van der Waals surface area (Å²) in [6.07, 6.45) is 9.90. The molecule has 106 valence electrons. The van der Waals surface area contributed by atoms with E-state index in [9.17, 15) is 0 Å². The van der Waals surface area contributed by atoms with Crippen molar-refractivity contribution in [3.05, 3.63) is 12.3 Å². The molecule has 0 aromatic carbocycles. The zero-order valence-corrected chi connectivity index (χ0v) is 12.6. The first-order valence-corrected chi connectivity index (χ1v) is 7.87. The van der Waals surface area contributed by atoms with Crippen LogP contribution in [0.5, 0.6) is 0 Å². The predicted molar refractivity (Wildman–Crippen MR) is 80.8 cm³/mol. The van der Waals surface area contributed by atoms with Gasteiger partial charge in [-0.25, -0.2) is 0 Å². The summed E-state index contributed by atoms with van der Waals surface area (Å²) in [5.41, 5.74) is 1.23. The summed E-state index contributed by atoms with van der Waals surface area (Å²) >= 11 is 0. The molecule has 2 nitrogen and oxygen atoms in total. The van der Waals surface area contributed by atoms with Crippen LogP contribution < -0.4 is 0 Å². The molecule has 0 radical (unpaired) electrons. The average molecular weight is 252 g/mol. The molecule has 0 unspecified atom stereocenters. The normalized spacial score (nSPS) is 17.1. The molecule has 2 heteroatoms. The van der Waals surface area contributed by atoms with Crippen molar-refractivity contribution in [2.45, 2.75) is 58.8 Å². The largest absolute Gasteiger partial charge is 0.373 e. The van der Waals surface area contributed by atoms with Gasteiger partial charge in [0.25, 0.3) is 0 Å². The number of rotatable bonds is 9. The van der Waals surface area contributed by atoms with Crippen molar-refractivity contribution in [1.82, 2.24) is 9.80 Å². The van der Waals surface area contributed by atoms with Crippen molar-refractivity contribution in [1.29, 1.82) is 0 Å². The molecule has 0 aliphatic carbocycles. The number of allylic oxidation sites excluding steroid dienone is 1. The van der Waals surface area contributed by atoms with Gasteiger partial charge in [-0.05, 0) is 19.9 Å². The zero-order chi connectivity index (χ0) is 13.2. The third kappa shape index (κ3) is 6.44. The second-order valence-corrected chi connectivity index (χ2v) is 5.69. The lowest BCUT2D eigenvalue weighted by molar-refractivity contribution is 0.157. The molecule has 1 heterocycles. The minimum absolute atomic E-state index is 1.17. The molecule has 0 atom stereocenters. The average Bonchev–Trinajstić information content (AvgIpc) is 2.38. The SMILES string of the molecule is C=C(C)N1CCN(CCCCCCCCC)CC1. The predicted octanol–water partition coefficient (Wildman–Crippen LogP) is 3.89.